The number of thiazole rings is 1. The monoisotopic (exact) mass is 262 g/mol. The van der Waals surface area contributed by atoms with Crippen LogP contribution in [-0.4, -0.2) is 15.9 Å². The maximum atomic E-state index is 12.0. The van der Waals surface area contributed by atoms with Gasteiger partial charge in [-0.05, 0) is 19.9 Å². The SMILES string of the molecule is Cc1ncc(N)cc1C(=O)NCc1scnc1C. The van der Waals surface area contributed by atoms with Crippen LogP contribution >= 0.6 is 11.3 Å². The van der Waals surface area contributed by atoms with Crippen LogP contribution in [0.1, 0.15) is 26.6 Å². The zero-order chi connectivity index (χ0) is 13.1. The van der Waals surface area contributed by atoms with Gasteiger partial charge in [0.1, 0.15) is 0 Å². The molecule has 0 atom stereocenters. The Bertz CT molecular complexity index is 579. The second kappa shape index (κ2) is 5.14. The number of aryl methyl sites for hydroxylation is 2. The molecule has 2 aromatic heterocycles. The van der Waals surface area contributed by atoms with Gasteiger partial charge in [0, 0.05) is 4.88 Å². The molecule has 0 aliphatic rings. The molecule has 2 heterocycles. The minimum atomic E-state index is -0.167. The molecular weight excluding hydrogens is 248 g/mol. The highest BCUT2D eigenvalue weighted by Gasteiger charge is 2.11. The standard InChI is InChI=1S/C12H14N4OS/c1-7-10(3-9(13)4-14-7)12(17)15-5-11-8(2)16-6-18-11/h3-4,6H,5,13H2,1-2H3,(H,15,17). The fourth-order valence-corrected chi connectivity index (χ4v) is 2.25. The molecule has 18 heavy (non-hydrogen) atoms. The Morgan fingerprint density at radius 1 is 1.39 bits per heavy atom. The summed E-state index contributed by atoms with van der Waals surface area (Å²) >= 11 is 1.53. The van der Waals surface area contributed by atoms with Crippen molar-refractivity contribution in [1.82, 2.24) is 15.3 Å². The molecule has 0 spiro atoms. The summed E-state index contributed by atoms with van der Waals surface area (Å²) in [5, 5.41) is 2.85. The van der Waals surface area contributed by atoms with Crippen LogP contribution in [0.5, 0.6) is 0 Å². The molecule has 1 amide bonds. The lowest BCUT2D eigenvalue weighted by Gasteiger charge is -2.07. The van der Waals surface area contributed by atoms with E-state index in [2.05, 4.69) is 15.3 Å². The Morgan fingerprint density at radius 2 is 2.17 bits per heavy atom. The second-order valence-electron chi connectivity index (χ2n) is 3.95. The molecule has 0 aliphatic carbocycles. The highest BCUT2D eigenvalue weighted by molar-refractivity contribution is 7.09. The van der Waals surface area contributed by atoms with Gasteiger partial charge in [0.05, 0.1) is 40.9 Å². The van der Waals surface area contributed by atoms with Crippen LogP contribution in [0.25, 0.3) is 0 Å². The molecule has 0 saturated carbocycles. The van der Waals surface area contributed by atoms with E-state index in [4.69, 9.17) is 5.73 Å². The Hall–Kier alpha value is -1.95. The summed E-state index contributed by atoms with van der Waals surface area (Å²) in [6.45, 7) is 4.18. The summed E-state index contributed by atoms with van der Waals surface area (Å²) in [5.41, 5.74) is 10.0. The van der Waals surface area contributed by atoms with E-state index in [0.29, 0.717) is 23.5 Å². The summed E-state index contributed by atoms with van der Waals surface area (Å²) < 4.78 is 0. The molecule has 0 radical (unpaired) electrons. The van der Waals surface area contributed by atoms with Crippen molar-refractivity contribution in [3.05, 3.63) is 39.6 Å². The summed E-state index contributed by atoms with van der Waals surface area (Å²) in [5.74, 6) is -0.167. The first kappa shape index (κ1) is 12.5. The average Bonchev–Trinajstić information content (AvgIpc) is 2.75. The van der Waals surface area contributed by atoms with Crippen molar-refractivity contribution < 1.29 is 4.79 Å². The van der Waals surface area contributed by atoms with Gasteiger partial charge in [-0.25, -0.2) is 4.98 Å². The maximum Gasteiger partial charge on any atom is 0.253 e. The number of nitrogens with two attached hydrogens (primary N) is 1. The van der Waals surface area contributed by atoms with Crippen LogP contribution < -0.4 is 11.1 Å². The van der Waals surface area contributed by atoms with Crippen LogP contribution in [0.4, 0.5) is 5.69 Å². The molecule has 0 aliphatic heterocycles. The van der Waals surface area contributed by atoms with Crippen molar-refractivity contribution in [3.63, 3.8) is 0 Å². The summed E-state index contributed by atoms with van der Waals surface area (Å²) in [4.78, 5) is 21.3. The number of pyridine rings is 1. The first-order valence-corrected chi connectivity index (χ1v) is 6.35. The van der Waals surface area contributed by atoms with Crippen LogP contribution in [-0.2, 0) is 6.54 Å². The largest absolute Gasteiger partial charge is 0.397 e. The Morgan fingerprint density at radius 3 is 2.83 bits per heavy atom. The van der Waals surface area contributed by atoms with Crippen molar-refractivity contribution >= 4 is 22.9 Å². The van der Waals surface area contributed by atoms with Crippen LogP contribution in [0, 0.1) is 13.8 Å². The fourth-order valence-electron chi connectivity index (χ4n) is 1.53. The van der Waals surface area contributed by atoms with E-state index in [1.807, 2.05) is 6.92 Å². The lowest BCUT2D eigenvalue weighted by atomic mass is 10.2. The molecule has 2 rings (SSSR count). The molecule has 5 nitrogen and oxygen atoms in total. The van der Waals surface area contributed by atoms with Gasteiger partial charge < -0.3 is 11.1 Å². The van der Waals surface area contributed by atoms with Crippen molar-refractivity contribution in [3.8, 4) is 0 Å². The van der Waals surface area contributed by atoms with E-state index in [1.54, 1.807) is 24.7 Å². The number of aromatic nitrogens is 2. The number of nitrogens with one attached hydrogen (secondary N) is 1. The van der Waals surface area contributed by atoms with E-state index in [-0.39, 0.29) is 5.91 Å². The minimum absolute atomic E-state index is 0.167. The first-order valence-electron chi connectivity index (χ1n) is 5.47. The highest BCUT2D eigenvalue weighted by Crippen LogP contribution is 2.13. The molecule has 0 fully saturated rings. The van der Waals surface area contributed by atoms with Crippen LogP contribution in [0.15, 0.2) is 17.8 Å². The van der Waals surface area contributed by atoms with E-state index in [9.17, 15) is 4.79 Å². The zero-order valence-electron chi connectivity index (χ0n) is 10.2. The van der Waals surface area contributed by atoms with Crippen molar-refractivity contribution in [2.75, 3.05) is 5.73 Å². The number of nitrogen functional groups attached to an aromatic ring is 1. The first-order chi connectivity index (χ1) is 8.58. The van der Waals surface area contributed by atoms with Crippen molar-refractivity contribution in [1.29, 1.82) is 0 Å². The minimum Gasteiger partial charge on any atom is -0.397 e. The normalized spacial score (nSPS) is 10.3. The van der Waals surface area contributed by atoms with Gasteiger partial charge >= 0.3 is 0 Å². The molecule has 0 saturated heterocycles. The number of nitrogens with zero attached hydrogens (tertiary/aromatic N) is 2. The van der Waals surface area contributed by atoms with Gasteiger partial charge in [-0.1, -0.05) is 0 Å². The third kappa shape index (κ3) is 2.65. The lowest BCUT2D eigenvalue weighted by Crippen LogP contribution is -2.24. The van der Waals surface area contributed by atoms with Crippen molar-refractivity contribution in [2.45, 2.75) is 20.4 Å². The number of hydrogen-bond donors (Lipinski definition) is 2. The van der Waals surface area contributed by atoms with E-state index < -0.39 is 0 Å². The van der Waals surface area contributed by atoms with Gasteiger partial charge in [-0.15, -0.1) is 11.3 Å². The molecule has 3 N–H and O–H groups in total. The number of carbonyl (C=O) groups excluding carboxylic acids is 1. The second-order valence-corrected chi connectivity index (χ2v) is 4.88. The van der Waals surface area contributed by atoms with E-state index >= 15 is 0 Å². The molecule has 0 aromatic carbocycles. The molecule has 0 bridgehead atoms. The predicted octanol–water partition coefficient (Wildman–Crippen LogP) is 1.67. The third-order valence-corrected chi connectivity index (χ3v) is 3.54. The molecule has 2 aromatic rings. The Balaban J connectivity index is 2.08. The maximum absolute atomic E-state index is 12.0. The van der Waals surface area contributed by atoms with Gasteiger partial charge in [0.2, 0.25) is 0 Å². The topological polar surface area (TPSA) is 80.9 Å². The van der Waals surface area contributed by atoms with Crippen LogP contribution in [0.2, 0.25) is 0 Å². The van der Waals surface area contributed by atoms with Gasteiger partial charge in [-0.3, -0.25) is 9.78 Å². The lowest BCUT2D eigenvalue weighted by molar-refractivity contribution is 0.0950. The number of hydrogen-bond acceptors (Lipinski definition) is 5. The summed E-state index contributed by atoms with van der Waals surface area (Å²) in [6.07, 6.45) is 1.54. The third-order valence-electron chi connectivity index (χ3n) is 2.61. The molecule has 94 valence electrons. The average molecular weight is 262 g/mol. The van der Waals surface area contributed by atoms with Gasteiger partial charge in [-0.2, -0.15) is 0 Å². The zero-order valence-corrected chi connectivity index (χ0v) is 11.0. The smallest absolute Gasteiger partial charge is 0.253 e. The number of anilines is 1. The Kier molecular flexibility index (Phi) is 3.57. The summed E-state index contributed by atoms with van der Waals surface area (Å²) in [6, 6.07) is 1.64. The van der Waals surface area contributed by atoms with Crippen LogP contribution in [0.3, 0.4) is 0 Å². The predicted molar refractivity (Wildman–Crippen MR) is 71.4 cm³/mol. The van der Waals surface area contributed by atoms with E-state index in [0.717, 1.165) is 10.6 Å². The molecule has 6 heteroatoms. The van der Waals surface area contributed by atoms with E-state index in [1.165, 1.54) is 11.3 Å². The molecule has 0 unspecified atom stereocenters. The Labute approximate surface area is 109 Å². The molecular formula is C12H14N4OS. The van der Waals surface area contributed by atoms with Gasteiger partial charge in [0.25, 0.3) is 5.91 Å². The quantitative estimate of drug-likeness (QED) is 0.881. The number of amides is 1. The van der Waals surface area contributed by atoms with Gasteiger partial charge in [0.15, 0.2) is 0 Å². The number of carbonyl (C=O) groups is 1. The number of rotatable bonds is 3. The van der Waals surface area contributed by atoms with Crippen molar-refractivity contribution in [2.24, 2.45) is 0 Å². The fraction of sp³-hybridized carbons (Fsp3) is 0.250. The highest BCUT2D eigenvalue weighted by atomic mass is 32.1. The summed E-state index contributed by atoms with van der Waals surface area (Å²) in [7, 11) is 0.